The zero-order valence-electron chi connectivity index (χ0n) is 23.0. The molecule has 3 aromatic carbocycles. The zero-order chi connectivity index (χ0) is 26.9. The number of allylic oxidation sites excluding steroid dienone is 4. The third-order valence-electron chi connectivity index (χ3n) is 7.44. The highest BCUT2D eigenvalue weighted by atomic mass is 32.1. The lowest BCUT2D eigenvalue weighted by Crippen LogP contribution is -2.29. The minimum absolute atomic E-state index is 0.340. The second-order valence-corrected chi connectivity index (χ2v) is 11.5. The summed E-state index contributed by atoms with van der Waals surface area (Å²) in [5.41, 5.74) is 8.93. The predicted molar refractivity (Wildman–Crippen MR) is 168 cm³/mol. The van der Waals surface area contributed by atoms with Crippen LogP contribution in [-0.4, -0.2) is 17.7 Å². The van der Waals surface area contributed by atoms with Gasteiger partial charge in [0.05, 0.1) is 11.4 Å². The molecule has 5 aromatic rings. The predicted octanol–water partition coefficient (Wildman–Crippen LogP) is 9.74. The SMILES string of the molecule is CN=C(/C=C\C=C(/C)c1c(C)ccc2c1sc1ccccc12)C(C)(C)c1cccc(-c2ccccc2C)n1. The van der Waals surface area contributed by atoms with E-state index in [2.05, 4.69) is 137 Å². The van der Waals surface area contributed by atoms with Crippen LogP contribution < -0.4 is 0 Å². The molecular formula is C35H34N2S. The van der Waals surface area contributed by atoms with Crippen molar-refractivity contribution in [2.45, 2.75) is 40.0 Å². The number of fused-ring (bicyclic) bond motifs is 3. The van der Waals surface area contributed by atoms with Crippen LogP contribution in [0.1, 0.15) is 43.2 Å². The standard InChI is InChI=1S/C35H34N2S/c1-23-13-7-8-15-26(23)29-17-12-20-32(37-29)35(4,5)31(36-6)19-11-14-24(2)33-25(3)21-22-28-27-16-9-10-18-30(27)38-34(28)33/h7-22H,1-6H3/b19-11-,24-14+,36-31?. The molecule has 0 saturated heterocycles. The lowest BCUT2D eigenvalue weighted by Gasteiger charge is -2.25. The minimum atomic E-state index is -0.340. The molecular weight excluding hydrogens is 480 g/mol. The normalized spacial score (nSPS) is 13.2. The molecule has 0 fully saturated rings. The Morgan fingerprint density at radius 2 is 1.61 bits per heavy atom. The highest BCUT2D eigenvalue weighted by Crippen LogP contribution is 2.39. The number of thiophene rings is 1. The summed E-state index contributed by atoms with van der Waals surface area (Å²) in [6.07, 6.45) is 6.48. The fourth-order valence-electron chi connectivity index (χ4n) is 5.23. The number of nitrogens with zero attached hydrogens (tertiary/aromatic N) is 2. The van der Waals surface area contributed by atoms with Crippen LogP contribution in [0.2, 0.25) is 0 Å². The van der Waals surface area contributed by atoms with Crippen molar-refractivity contribution in [3.63, 3.8) is 0 Å². The fourth-order valence-corrected chi connectivity index (χ4v) is 6.60. The molecule has 38 heavy (non-hydrogen) atoms. The van der Waals surface area contributed by atoms with E-state index in [9.17, 15) is 0 Å². The molecule has 2 nitrogen and oxygen atoms in total. The van der Waals surface area contributed by atoms with Gasteiger partial charge < -0.3 is 0 Å². The van der Waals surface area contributed by atoms with Crippen LogP contribution in [0.15, 0.2) is 102 Å². The van der Waals surface area contributed by atoms with E-state index in [-0.39, 0.29) is 5.41 Å². The molecule has 2 aromatic heterocycles. The van der Waals surface area contributed by atoms with Gasteiger partial charge in [0, 0.05) is 43.9 Å². The summed E-state index contributed by atoms with van der Waals surface area (Å²) in [4.78, 5) is 9.76. The summed E-state index contributed by atoms with van der Waals surface area (Å²) in [5.74, 6) is 0. The average molecular weight is 515 g/mol. The number of aliphatic imine (C=N–C) groups is 1. The highest BCUT2D eigenvalue weighted by molar-refractivity contribution is 7.26. The van der Waals surface area contributed by atoms with Crippen molar-refractivity contribution in [2.75, 3.05) is 7.05 Å². The maximum Gasteiger partial charge on any atom is 0.0708 e. The summed E-state index contributed by atoms with van der Waals surface area (Å²) < 4.78 is 2.69. The number of aromatic nitrogens is 1. The van der Waals surface area contributed by atoms with Crippen molar-refractivity contribution in [3.8, 4) is 11.3 Å². The van der Waals surface area contributed by atoms with Gasteiger partial charge in [-0.1, -0.05) is 72.8 Å². The van der Waals surface area contributed by atoms with Gasteiger partial charge >= 0.3 is 0 Å². The van der Waals surface area contributed by atoms with Gasteiger partial charge in [-0.05, 0) is 81.2 Å². The van der Waals surface area contributed by atoms with Crippen LogP contribution in [-0.2, 0) is 5.41 Å². The molecule has 2 heterocycles. The summed E-state index contributed by atoms with van der Waals surface area (Å²) in [6, 6.07) is 27.9. The van der Waals surface area contributed by atoms with Crippen molar-refractivity contribution < 1.29 is 0 Å². The molecule has 0 aliphatic rings. The van der Waals surface area contributed by atoms with Crippen LogP contribution in [0.4, 0.5) is 0 Å². The molecule has 0 aliphatic heterocycles. The Morgan fingerprint density at radius 1 is 0.842 bits per heavy atom. The van der Waals surface area contributed by atoms with Crippen LogP contribution in [0.3, 0.4) is 0 Å². The lowest BCUT2D eigenvalue weighted by molar-refractivity contribution is 0.690. The van der Waals surface area contributed by atoms with Gasteiger partial charge in [-0.2, -0.15) is 0 Å². The molecule has 0 spiro atoms. The van der Waals surface area contributed by atoms with Gasteiger partial charge in [0.15, 0.2) is 0 Å². The molecule has 0 N–H and O–H groups in total. The van der Waals surface area contributed by atoms with Crippen molar-refractivity contribution in [3.05, 3.63) is 119 Å². The van der Waals surface area contributed by atoms with Gasteiger partial charge in [0.25, 0.3) is 0 Å². The number of aryl methyl sites for hydroxylation is 2. The largest absolute Gasteiger partial charge is 0.292 e. The van der Waals surface area contributed by atoms with Crippen LogP contribution in [0.5, 0.6) is 0 Å². The van der Waals surface area contributed by atoms with E-state index in [0.717, 1.165) is 17.1 Å². The summed E-state index contributed by atoms with van der Waals surface area (Å²) >= 11 is 1.88. The first kappa shape index (κ1) is 25.8. The first-order chi connectivity index (χ1) is 18.3. The Kier molecular flexibility index (Phi) is 7.14. The molecule has 0 saturated carbocycles. The highest BCUT2D eigenvalue weighted by Gasteiger charge is 2.27. The van der Waals surface area contributed by atoms with Gasteiger partial charge in [-0.3, -0.25) is 9.98 Å². The average Bonchev–Trinajstić information content (AvgIpc) is 3.29. The van der Waals surface area contributed by atoms with Crippen molar-refractivity contribution >= 4 is 42.8 Å². The number of pyridine rings is 1. The fraction of sp³-hybridized carbons (Fsp3) is 0.200. The Bertz CT molecular complexity index is 1730. The number of benzene rings is 3. The molecule has 3 heteroatoms. The Hall–Kier alpha value is -3.82. The summed E-state index contributed by atoms with van der Waals surface area (Å²) in [7, 11) is 1.87. The van der Waals surface area contributed by atoms with Crippen molar-refractivity contribution in [1.29, 1.82) is 0 Å². The quantitative estimate of drug-likeness (QED) is 0.163. The number of rotatable bonds is 6. The molecule has 190 valence electrons. The Morgan fingerprint density at radius 3 is 2.39 bits per heavy atom. The third-order valence-corrected chi connectivity index (χ3v) is 8.65. The van der Waals surface area contributed by atoms with Crippen LogP contribution in [0, 0.1) is 13.8 Å². The van der Waals surface area contributed by atoms with Gasteiger partial charge in [-0.25, -0.2) is 0 Å². The first-order valence-electron chi connectivity index (χ1n) is 13.1. The second kappa shape index (κ2) is 10.5. The topological polar surface area (TPSA) is 25.2 Å². The zero-order valence-corrected chi connectivity index (χ0v) is 23.9. The lowest BCUT2D eigenvalue weighted by atomic mass is 9.82. The van der Waals surface area contributed by atoms with E-state index >= 15 is 0 Å². The van der Waals surface area contributed by atoms with Gasteiger partial charge in [0.1, 0.15) is 0 Å². The Balaban J connectivity index is 1.47. The molecule has 5 rings (SSSR count). The van der Waals surface area contributed by atoms with Gasteiger partial charge in [-0.15, -0.1) is 11.3 Å². The number of hydrogen-bond donors (Lipinski definition) is 0. The molecule has 0 bridgehead atoms. The molecule has 0 atom stereocenters. The van der Waals surface area contributed by atoms with Crippen molar-refractivity contribution in [1.82, 2.24) is 4.98 Å². The molecule has 0 unspecified atom stereocenters. The van der Waals surface area contributed by atoms with E-state index in [4.69, 9.17) is 4.98 Å². The van der Waals surface area contributed by atoms with Crippen LogP contribution in [0.25, 0.3) is 37.0 Å². The smallest absolute Gasteiger partial charge is 0.0708 e. The first-order valence-corrected chi connectivity index (χ1v) is 13.9. The van der Waals surface area contributed by atoms with E-state index in [0.29, 0.717) is 0 Å². The monoisotopic (exact) mass is 514 g/mol. The third kappa shape index (κ3) is 4.75. The van der Waals surface area contributed by atoms with Crippen molar-refractivity contribution in [2.24, 2.45) is 4.99 Å². The summed E-state index contributed by atoms with van der Waals surface area (Å²) in [6.45, 7) is 10.9. The minimum Gasteiger partial charge on any atom is -0.292 e. The summed E-state index contributed by atoms with van der Waals surface area (Å²) in [5, 5.41) is 2.67. The van der Waals surface area contributed by atoms with E-state index in [1.807, 2.05) is 18.4 Å². The Labute approximate surface area is 230 Å². The van der Waals surface area contributed by atoms with E-state index in [1.54, 1.807) is 0 Å². The molecule has 0 aliphatic carbocycles. The maximum absolute atomic E-state index is 5.07. The van der Waals surface area contributed by atoms with E-state index in [1.165, 1.54) is 48.0 Å². The molecule has 0 radical (unpaired) electrons. The number of hydrogen-bond acceptors (Lipinski definition) is 3. The maximum atomic E-state index is 5.07. The van der Waals surface area contributed by atoms with Crippen LogP contribution >= 0.6 is 11.3 Å². The van der Waals surface area contributed by atoms with E-state index < -0.39 is 0 Å². The van der Waals surface area contributed by atoms with Gasteiger partial charge in [0.2, 0.25) is 0 Å². The molecule has 0 amide bonds. The second-order valence-electron chi connectivity index (χ2n) is 10.4.